The zero-order valence-corrected chi connectivity index (χ0v) is 25.1. The lowest BCUT2D eigenvalue weighted by Gasteiger charge is -2.34. The SMILES string of the molecule is c1ccc(C2(c3ccccc3)c3ccccc3-c3ccc4ccc(-c5ccc6c(c5)oc5cc7ccccc7cc56)cc4c32)cc1. The van der Waals surface area contributed by atoms with E-state index in [1.807, 2.05) is 0 Å². The zero-order chi connectivity index (χ0) is 30.2. The van der Waals surface area contributed by atoms with Crippen LogP contribution < -0.4 is 0 Å². The van der Waals surface area contributed by atoms with Crippen molar-refractivity contribution in [2.75, 3.05) is 0 Å². The molecule has 0 fully saturated rings. The van der Waals surface area contributed by atoms with Crippen molar-refractivity contribution in [1.82, 2.24) is 0 Å². The molecule has 0 aliphatic heterocycles. The van der Waals surface area contributed by atoms with Gasteiger partial charge in [0.2, 0.25) is 0 Å². The van der Waals surface area contributed by atoms with Crippen molar-refractivity contribution in [3.05, 3.63) is 192 Å². The molecule has 1 aliphatic carbocycles. The highest BCUT2D eigenvalue weighted by Gasteiger charge is 2.46. The van der Waals surface area contributed by atoms with E-state index >= 15 is 0 Å². The molecule has 0 amide bonds. The van der Waals surface area contributed by atoms with E-state index in [0.717, 1.165) is 27.5 Å². The predicted octanol–water partition coefficient (Wildman–Crippen LogP) is 11.9. The second kappa shape index (κ2) is 9.54. The van der Waals surface area contributed by atoms with Gasteiger partial charge in [0.1, 0.15) is 11.2 Å². The van der Waals surface area contributed by atoms with Crippen molar-refractivity contribution in [2.45, 2.75) is 5.41 Å². The first-order chi connectivity index (χ1) is 22.8. The summed E-state index contributed by atoms with van der Waals surface area (Å²) in [5, 5.41) is 7.24. The Morgan fingerprint density at radius 1 is 0.370 bits per heavy atom. The van der Waals surface area contributed by atoms with E-state index in [9.17, 15) is 0 Å². The fraction of sp³-hybridized carbons (Fsp3) is 0.0222. The molecule has 10 rings (SSSR count). The second-order valence-electron chi connectivity index (χ2n) is 12.5. The second-order valence-corrected chi connectivity index (χ2v) is 12.5. The summed E-state index contributed by atoms with van der Waals surface area (Å²) < 4.78 is 6.48. The summed E-state index contributed by atoms with van der Waals surface area (Å²) in [6.45, 7) is 0. The molecular formula is C45H28O. The molecule has 46 heavy (non-hydrogen) atoms. The number of rotatable bonds is 3. The Labute approximate surface area is 267 Å². The van der Waals surface area contributed by atoms with E-state index in [1.54, 1.807) is 0 Å². The van der Waals surface area contributed by atoms with Gasteiger partial charge in [0.05, 0.1) is 5.41 Å². The minimum Gasteiger partial charge on any atom is -0.456 e. The topological polar surface area (TPSA) is 13.1 Å². The molecule has 1 aliphatic rings. The zero-order valence-electron chi connectivity index (χ0n) is 25.1. The van der Waals surface area contributed by atoms with Gasteiger partial charge in [-0.15, -0.1) is 0 Å². The summed E-state index contributed by atoms with van der Waals surface area (Å²) in [6.07, 6.45) is 0. The van der Waals surface area contributed by atoms with E-state index in [1.165, 1.54) is 60.5 Å². The first kappa shape index (κ1) is 25.4. The van der Waals surface area contributed by atoms with Crippen LogP contribution in [0.4, 0.5) is 0 Å². The van der Waals surface area contributed by atoms with Crippen LogP contribution in [-0.2, 0) is 5.41 Å². The lowest BCUT2D eigenvalue weighted by atomic mass is 9.66. The summed E-state index contributed by atoms with van der Waals surface area (Å²) in [5.74, 6) is 0. The standard InChI is InChI=1S/C45H28O/c1-3-13-34(14-4-1)45(35-15-5-2-6-16-35)41-18-10-9-17-36(41)38-24-21-29-19-20-32(25-39(29)44(38)45)33-22-23-37-40-26-30-11-7-8-12-31(30)27-43(40)46-42(37)28-33/h1-28H. The van der Waals surface area contributed by atoms with Crippen LogP contribution in [0.15, 0.2) is 174 Å². The van der Waals surface area contributed by atoms with Crippen molar-refractivity contribution in [3.63, 3.8) is 0 Å². The molecule has 0 atom stereocenters. The molecule has 1 aromatic heterocycles. The maximum Gasteiger partial charge on any atom is 0.136 e. The third-order valence-corrected chi connectivity index (χ3v) is 10.1. The number of fused-ring (bicyclic) bond motifs is 9. The van der Waals surface area contributed by atoms with Crippen LogP contribution in [0.1, 0.15) is 22.3 Å². The highest BCUT2D eigenvalue weighted by Crippen LogP contribution is 2.58. The lowest BCUT2D eigenvalue weighted by molar-refractivity contribution is 0.669. The molecule has 9 aromatic rings. The third kappa shape index (κ3) is 3.46. The van der Waals surface area contributed by atoms with Crippen LogP contribution >= 0.6 is 0 Å². The lowest BCUT2D eigenvalue weighted by Crippen LogP contribution is -2.28. The van der Waals surface area contributed by atoms with E-state index in [-0.39, 0.29) is 0 Å². The Bertz CT molecular complexity index is 2590. The van der Waals surface area contributed by atoms with Gasteiger partial charge in [0, 0.05) is 10.8 Å². The summed E-state index contributed by atoms with van der Waals surface area (Å²) in [5.41, 5.74) is 11.6. The van der Waals surface area contributed by atoms with Crippen LogP contribution in [0.5, 0.6) is 0 Å². The Kier molecular flexibility index (Phi) is 5.27. The Morgan fingerprint density at radius 3 is 1.76 bits per heavy atom. The van der Waals surface area contributed by atoms with Gasteiger partial charge in [-0.05, 0) is 96.4 Å². The number of hydrogen-bond donors (Lipinski definition) is 0. The first-order valence-corrected chi connectivity index (χ1v) is 15.9. The average Bonchev–Trinajstić information content (AvgIpc) is 3.64. The van der Waals surface area contributed by atoms with Gasteiger partial charge >= 0.3 is 0 Å². The minimum atomic E-state index is -0.447. The van der Waals surface area contributed by atoms with E-state index < -0.39 is 5.41 Å². The van der Waals surface area contributed by atoms with E-state index in [2.05, 4.69) is 170 Å². The Morgan fingerprint density at radius 2 is 0.978 bits per heavy atom. The number of hydrogen-bond acceptors (Lipinski definition) is 1. The predicted molar refractivity (Wildman–Crippen MR) is 191 cm³/mol. The molecule has 8 aromatic carbocycles. The fourth-order valence-electron chi connectivity index (χ4n) is 8.09. The molecule has 214 valence electrons. The van der Waals surface area contributed by atoms with Crippen LogP contribution in [-0.4, -0.2) is 0 Å². The number of furan rings is 1. The smallest absolute Gasteiger partial charge is 0.136 e. The van der Waals surface area contributed by atoms with Crippen molar-refractivity contribution in [2.24, 2.45) is 0 Å². The van der Waals surface area contributed by atoms with Gasteiger partial charge in [-0.25, -0.2) is 0 Å². The van der Waals surface area contributed by atoms with Crippen LogP contribution in [0, 0.1) is 0 Å². The first-order valence-electron chi connectivity index (χ1n) is 15.9. The molecule has 1 heterocycles. The van der Waals surface area contributed by atoms with E-state index in [0.29, 0.717) is 0 Å². The third-order valence-electron chi connectivity index (χ3n) is 10.1. The molecule has 0 bridgehead atoms. The highest BCUT2D eigenvalue weighted by molar-refractivity contribution is 6.11. The summed E-state index contributed by atoms with van der Waals surface area (Å²) in [7, 11) is 0. The molecule has 0 radical (unpaired) electrons. The van der Waals surface area contributed by atoms with Gasteiger partial charge in [-0.1, -0.05) is 140 Å². The Hall–Kier alpha value is -5.92. The van der Waals surface area contributed by atoms with Gasteiger partial charge < -0.3 is 4.42 Å². The number of benzene rings is 8. The maximum absolute atomic E-state index is 6.48. The summed E-state index contributed by atoms with van der Waals surface area (Å²) in [6, 6.07) is 62.1. The largest absolute Gasteiger partial charge is 0.456 e. The summed E-state index contributed by atoms with van der Waals surface area (Å²) >= 11 is 0. The van der Waals surface area contributed by atoms with Crippen molar-refractivity contribution in [1.29, 1.82) is 0 Å². The van der Waals surface area contributed by atoms with Gasteiger partial charge in [-0.3, -0.25) is 0 Å². The monoisotopic (exact) mass is 584 g/mol. The molecule has 0 saturated heterocycles. The molecule has 1 nitrogen and oxygen atoms in total. The minimum absolute atomic E-state index is 0.447. The molecule has 0 spiro atoms. The Balaban J connectivity index is 1.24. The molecule has 0 unspecified atom stereocenters. The van der Waals surface area contributed by atoms with Gasteiger partial charge in [0.15, 0.2) is 0 Å². The fourth-order valence-corrected chi connectivity index (χ4v) is 8.09. The maximum atomic E-state index is 6.48. The van der Waals surface area contributed by atoms with Crippen LogP contribution in [0.2, 0.25) is 0 Å². The summed E-state index contributed by atoms with van der Waals surface area (Å²) in [4.78, 5) is 0. The van der Waals surface area contributed by atoms with Gasteiger partial charge in [0.25, 0.3) is 0 Å². The van der Waals surface area contributed by atoms with Crippen molar-refractivity contribution in [3.8, 4) is 22.3 Å². The normalized spacial score (nSPS) is 13.4. The van der Waals surface area contributed by atoms with Crippen molar-refractivity contribution < 1.29 is 4.42 Å². The van der Waals surface area contributed by atoms with Gasteiger partial charge in [-0.2, -0.15) is 0 Å². The quantitative estimate of drug-likeness (QED) is 0.201. The van der Waals surface area contributed by atoms with Crippen LogP contribution in [0.25, 0.3) is 65.7 Å². The van der Waals surface area contributed by atoms with Crippen LogP contribution in [0.3, 0.4) is 0 Å². The van der Waals surface area contributed by atoms with E-state index in [4.69, 9.17) is 4.42 Å². The molecule has 0 saturated carbocycles. The average molecular weight is 585 g/mol. The molecule has 0 N–H and O–H groups in total. The molecule has 1 heteroatoms. The molecular weight excluding hydrogens is 556 g/mol. The van der Waals surface area contributed by atoms with Crippen molar-refractivity contribution >= 4 is 43.5 Å². The highest BCUT2D eigenvalue weighted by atomic mass is 16.3.